The van der Waals surface area contributed by atoms with Crippen LogP contribution in [0.3, 0.4) is 0 Å². The molecule has 4 rings (SSSR count). The minimum atomic E-state index is -0.320. The van der Waals surface area contributed by atoms with Gasteiger partial charge in [-0.2, -0.15) is 0 Å². The summed E-state index contributed by atoms with van der Waals surface area (Å²) in [5.41, 5.74) is 1.27. The van der Waals surface area contributed by atoms with Crippen LogP contribution in [-0.4, -0.2) is 48.4 Å². The summed E-state index contributed by atoms with van der Waals surface area (Å²) in [7, 11) is 0. The van der Waals surface area contributed by atoms with Crippen molar-refractivity contribution in [1.29, 1.82) is 0 Å². The van der Waals surface area contributed by atoms with Gasteiger partial charge in [-0.15, -0.1) is 11.3 Å². The van der Waals surface area contributed by atoms with Crippen LogP contribution in [0.4, 0.5) is 4.39 Å². The summed E-state index contributed by atoms with van der Waals surface area (Å²) in [6.07, 6.45) is 1.06. The maximum absolute atomic E-state index is 13.5. The Morgan fingerprint density at radius 3 is 2.77 bits per heavy atom. The van der Waals surface area contributed by atoms with Crippen LogP contribution in [0.25, 0.3) is 11.0 Å². The van der Waals surface area contributed by atoms with Crippen LogP contribution < -0.4 is 0 Å². The third-order valence-electron chi connectivity index (χ3n) is 5.01. The molecule has 3 aromatic rings. The fraction of sp³-hybridized carbons (Fsp3) is 0.350. The second-order valence-corrected chi connectivity index (χ2v) is 7.69. The highest BCUT2D eigenvalue weighted by atomic mass is 32.1. The zero-order chi connectivity index (χ0) is 18.1. The highest BCUT2D eigenvalue weighted by molar-refractivity contribution is 7.09. The molecular weight excluding hydrogens is 351 g/mol. The minimum Gasteiger partial charge on any atom is -0.451 e. The molecule has 0 radical (unpaired) electrons. The zero-order valence-electron chi connectivity index (χ0n) is 14.7. The first kappa shape index (κ1) is 17.2. The number of piperazine rings is 1. The standard InChI is InChI=1S/C20H21FN2O2S/c1-14-17-13-15(21)4-5-18(17)25-19(14)20(24)23-10-8-22(9-11-23)7-6-16-3-2-12-26-16/h2-5,12-13H,6-11H2,1H3. The van der Waals surface area contributed by atoms with E-state index in [1.165, 1.54) is 17.0 Å². The quantitative estimate of drug-likeness (QED) is 0.696. The Morgan fingerprint density at radius 1 is 1.23 bits per heavy atom. The second kappa shape index (κ2) is 7.21. The van der Waals surface area contributed by atoms with Gasteiger partial charge in [0.2, 0.25) is 0 Å². The number of carbonyl (C=O) groups excluding carboxylic acids is 1. The highest BCUT2D eigenvalue weighted by Crippen LogP contribution is 2.27. The Bertz CT molecular complexity index is 911. The van der Waals surface area contributed by atoms with Gasteiger partial charge in [0, 0.05) is 48.6 Å². The van der Waals surface area contributed by atoms with Crippen molar-refractivity contribution in [3.63, 3.8) is 0 Å². The number of thiophene rings is 1. The molecule has 26 heavy (non-hydrogen) atoms. The molecule has 2 aromatic heterocycles. The van der Waals surface area contributed by atoms with Crippen molar-refractivity contribution in [3.05, 3.63) is 57.7 Å². The lowest BCUT2D eigenvalue weighted by molar-refractivity contribution is 0.0609. The van der Waals surface area contributed by atoms with E-state index in [1.54, 1.807) is 17.4 Å². The molecule has 0 saturated carbocycles. The van der Waals surface area contributed by atoms with Gasteiger partial charge in [0.15, 0.2) is 5.76 Å². The van der Waals surface area contributed by atoms with E-state index >= 15 is 0 Å². The van der Waals surface area contributed by atoms with Crippen LogP contribution in [0, 0.1) is 12.7 Å². The van der Waals surface area contributed by atoms with E-state index < -0.39 is 0 Å². The van der Waals surface area contributed by atoms with Gasteiger partial charge in [-0.05, 0) is 43.0 Å². The van der Waals surface area contributed by atoms with Gasteiger partial charge < -0.3 is 9.32 Å². The van der Waals surface area contributed by atoms with E-state index in [0.29, 0.717) is 35.4 Å². The number of hydrogen-bond donors (Lipinski definition) is 0. The summed E-state index contributed by atoms with van der Waals surface area (Å²) in [5, 5.41) is 2.77. The molecule has 1 saturated heterocycles. The Balaban J connectivity index is 1.40. The fourth-order valence-corrected chi connectivity index (χ4v) is 4.14. The van der Waals surface area contributed by atoms with E-state index in [1.807, 2.05) is 11.8 Å². The van der Waals surface area contributed by atoms with Crippen LogP contribution >= 0.6 is 11.3 Å². The number of benzene rings is 1. The van der Waals surface area contributed by atoms with Crippen LogP contribution in [0.15, 0.2) is 40.1 Å². The average molecular weight is 372 g/mol. The Labute approximate surface area is 155 Å². The van der Waals surface area contributed by atoms with Gasteiger partial charge in [0.1, 0.15) is 11.4 Å². The van der Waals surface area contributed by atoms with Crippen LogP contribution in [0.5, 0.6) is 0 Å². The largest absolute Gasteiger partial charge is 0.451 e. The number of rotatable bonds is 4. The maximum Gasteiger partial charge on any atom is 0.289 e. The monoisotopic (exact) mass is 372 g/mol. The summed E-state index contributed by atoms with van der Waals surface area (Å²) in [6, 6.07) is 8.60. The lowest BCUT2D eigenvalue weighted by Crippen LogP contribution is -2.49. The number of carbonyl (C=O) groups is 1. The number of hydrogen-bond acceptors (Lipinski definition) is 4. The lowest BCUT2D eigenvalue weighted by atomic mass is 10.1. The Kier molecular flexibility index (Phi) is 4.78. The molecule has 0 aliphatic carbocycles. The molecule has 0 bridgehead atoms. The predicted molar refractivity (Wildman–Crippen MR) is 101 cm³/mol. The predicted octanol–water partition coefficient (Wildman–Crippen LogP) is 3.94. The molecule has 1 amide bonds. The molecule has 1 aliphatic rings. The molecule has 3 heterocycles. The molecule has 4 nitrogen and oxygen atoms in total. The van der Waals surface area contributed by atoms with Crippen molar-refractivity contribution in [2.45, 2.75) is 13.3 Å². The van der Waals surface area contributed by atoms with E-state index in [9.17, 15) is 9.18 Å². The molecule has 0 atom stereocenters. The fourth-order valence-electron chi connectivity index (χ4n) is 3.44. The van der Waals surface area contributed by atoms with Crippen molar-refractivity contribution in [2.75, 3.05) is 32.7 Å². The van der Waals surface area contributed by atoms with Crippen molar-refractivity contribution in [3.8, 4) is 0 Å². The van der Waals surface area contributed by atoms with E-state index in [4.69, 9.17) is 4.42 Å². The summed E-state index contributed by atoms with van der Waals surface area (Å²) in [4.78, 5) is 18.5. The minimum absolute atomic E-state index is 0.1000. The number of aryl methyl sites for hydroxylation is 1. The van der Waals surface area contributed by atoms with Crippen molar-refractivity contribution in [2.24, 2.45) is 0 Å². The molecule has 0 spiro atoms. The Morgan fingerprint density at radius 2 is 2.04 bits per heavy atom. The van der Waals surface area contributed by atoms with Crippen molar-refractivity contribution < 1.29 is 13.6 Å². The maximum atomic E-state index is 13.5. The van der Waals surface area contributed by atoms with Crippen LogP contribution in [0.2, 0.25) is 0 Å². The molecular formula is C20H21FN2O2S. The van der Waals surface area contributed by atoms with Gasteiger partial charge in [-0.3, -0.25) is 9.69 Å². The highest BCUT2D eigenvalue weighted by Gasteiger charge is 2.26. The number of nitrogens with zero attached hydrogens (tertiary/aromatic N) is 2. The Hall–Kier alpha value is -2.18. The second-order valence-electron chi connectivity index (χ2n) is 6.66. The number of furan rings is 1. The van der Waals surface area contributed by atoms with E-state index in [2.05, 4.69) is 22.4 Å². The first-order valence-corrected chi connectivity index (χ1v) is 9.72. The SMILES string of the molecule is Cc1c(C(=O)N2CCN(CCc3cccs3)CC2)oc2ccc(F)cc12. The van der Waals surface area contributed by atoms with Gasteiger partial charge in [0.25, 0.3) is 5.91 Å². The van der Waals surface area contributed by atoms with Gasteiger partial charge in [-0.25, -0.2) is 4.39 Å². The topological polar surface area (TPSA) is 36.7 Å². The van der Waals surface area contributed by atoms with E-state index in [0.717, 1.165) is 26.1 Å². The molecule has 0 N–H and O–H groups in total. The number of amides is 1. The summed E-state index contributed by atoms with van der Waals surface area (Å²) in [5.74, 6) is -0.0885. The summed E-state index contributed by atoms with van der Waals surface area (Å²) in [6.45, 7) is 5.94. The summed E-state index contributed by atoms with van der Waals surface area (Å²) >= 11 is 1.79. The van der Waals surface area contributed by atoms with Gasteiger partial charge in [0.05, 0.1) is 0 Å². The third kappa shape index (κ3) is 3.39. The number of halogens is 1. The normalized spacial score (nSPS) is 15.7. The first-order chi connectivity index (χ1) is 12.6. The van der Waals surface area contributed by atoms with Crippen LogP contribution in [-0.2, 0) is 6.42 Å². The van der Waals surface area contributed by atoms with Crippen LogP contribution in [0.1, 0.15) is 21.0 Å². The molecule has 1 fully saturated rings. The average Bonchev–Trinajstić information content (AvgIpc) is 3.28. The lowest BCUT2D eigenvalue weighted by Gasteiger charge is -2.34. The molecule has 136 valence electrons. The zero-order valence-corrected chi connectivity index (χ0v) is 15.5. The smallest absolute Gasteiger partial charge is 0.289 e. The summed E-state index contributed by atoms with van der Waals surface area (Å²) < 4.78 is 19.2. The third-order valence-corrected chi connectivity index (χ3v) is 5.94. The molecule has 6 heteroatoms. The molecule has 1 aromatic carbocycles. The van der Waals surface area contributed by atoms with E-state index in [-0.39, 0.29) is 11.7 Å². The van der Waals surface area contributed by atoms with Gasteiger partial charge in [-0.1, -0.05) is 6.07 Å². The molecule has 0 unspecified atom stereocenters. The van der Waals surface area contributed by atoms with Gasteiger partial charge >= 0.3 is 0 Å². The molecule has 1 aliphatic heterocycles. The van der Waals surface area contributed by atoms with Crippen molar-refractivity contribution in [1.82, 2.24) is 9.80 Å². The first-order valence-electron chi connectivity index (χ1n) is 8.84. The van der Waals surface area contributed by atoms with Crippen molar-refractivity contribution >= 4 is 28.2 Å². The number of fused-ring (bicyclic) bond motifs is 1.